The number of aryl methyl sites for hydroxylation is 1. The van der Waals surface area contributed by atoms with Crippen molar-refractivity contribution in [3.63, 3.8) is 0 Å². The van der Waals surface area contributed by atoms with Gasteiger partial charge in [-0.25, -0.2) is 8.42 Å². The van der Waals surface area contributed by atoms with Gasteiger partial charge in [-0.3, -0.25) is 4.79 Å². The lowest BCUT2D eigenvalue weighted by atomic mass is 10.2. The zero-order valence-electron chi connectivity index (χ0n) is 19.0. The van der Waals surface area contributed by atoms with Gasteiger partial charge in [0.2, 0.25) is 22.7 Å². The lowest BCUT2D eigenvalue weighted by Crippen LogP contribution is -2.40. The molecule has 1 aliphatic rings. The van der Waals surface area contributed by atoms with Crippen molar-refractivity contribution in [3.05, 3.63) is 83.4 Å². The summed E-state index contributed by atoms with van der Waals surface area (Å²) in [4.78, 5) is 12.9. The van der Waals surface area contributed by atoms with Gasteiger partial charge in [-0.2, -0.15) is 4.31 Å². The third-order valence-electron chi connectivity index (χ3n) is 5.45. The predicted octanol–water partition coefficient (Wildman–Crippen LogP) is 3.24. The summed E-state index contributed by atoms with van der Waals surface area (Å²) in [7, 11) is -2.42. The van der Waals surface area contributed by atoms with Crippen molar-refractivity contribution in [3.8, 4) is 17.2 Å². The highest BCUT2D eigenvalue weighted by atomic mass is 32.2. The van der Waals surface area contributed by atoms with E-state index in [-0.39, 0.29) is 31.3 Å². The summed E-state index contributed by atoms with van der Waals surface area (Å²) in [5.74, 6) is 1.46. The number of nitrogens with one attached hydrogen (secondary N) is 1. The molecule has 3 aromatic carbocycles. The zero-order valence-corrected chi connectivity index (χ0v) is 19.8. The number of rotatable bonds is 9. The molecule has 0 aromatic heterocycles. The molecule has 8 nitrogen and oxygen atoms in total. The first-order valence-electron chi connectivity index (χ1n) is 10.7. The van der Waals surface area contributed by atoms with Gasteiger partial charge in [0.25, 0.3) is 0 Å². The molecule has 0 radical (unpaired) electrons. The van der Waals surface area contributed by atoms with E-state index in [1.807, 2.05) is 36.4 Å². The summed E-state index contributed by atoms with van der Waals surface area (Å²) in [6, 6.07) is 19.2. The lowest BCUT2D eigenvalue weighted by Gasteiger charge is -2.22. The fourth-order valence-electron chi connectivity index (χ4n) is 3.64. The van der Waals surface area contributed by atoms with Crippen molar-refractivity contribution in [1.29, 1.82) is 0 Å². The molecule has 4 rings (SSSR count). The van der Waals surface area contributed by atoms with Gasteiger partial charge in [-0.1, -0.05) is 36.4 Å². The van der Waals surface area contributed by atoms with Crippen LogP contribution in [0.4, 0.5) is 0 Å². The standard InChI is InChI=1S/C25H26N2O6S/c1-18-12-21(9-11-22(18)31-2)34(29,30)27(15-19-6-4-3-5-7-19)16-25(28)26-14-20-8-10-23-24(13-20)33-17-32-23/h3-13H,14-17H2,1-2H3,(H,26,28). The number of methoxy groups -OCH3 is 1. The second-order valence-electron chi connectivity index (χ2n) is 7.85. The Morgan fingerprint density at radius 1 is 1.00 bits per heavy atom. The van der Waals surface area contributed by atoms with Gasteiger partial charge in [0.15, 0.2) is 11.5 Å². The molecule has 3 aromatic rings. The summed E-state index contributed by atoms with van der Waals surface area (Å²) >= 11 is 0. The van der Waals surface area contributed by atoms with Crippen LogP contribution < -0.4 is 19.5 Å². The van der Waals surface area contributed by atoms with Crippen LogP contribution in [0.3, 0.4) is 0 Å². The van der Waals surface area contributed by atoms with E-state index in [1.165, 1.54) is 17.5 Å². The van der Waals surface area contributed by atoms with Crippen LogP contribution in [0.2, 0.25) is 0 Å². The van der Waals surface area contributed by atoms with E-state index in [0.717, 1.165) is 11.1 Å². The second-order valence-corrected chi connectivity index (χ2v) is 9.79. The maximum absolute atomic E-state index is 13.5. The summed E-state index contributed by atoms with van der Waals surface area (Å²) < 4.78 is 44.1. The molecule has 9 heteroatoms. The zero-order chi connectivity index (χ0) is 24.1. The number of ether oxygens (including phenoxy) is 3. The number of carbonyl (C=O) groups excluding carboxylic acids is 1. The van der Waals surface area contributed by atoms with Gasteiger partial charge >= 0.3 is 0 Å². The van der Waals surface area contributed by atoms with E-state index in [0.29, 0.717) is 22.8 Å². The van der Waals surface area contributed by atoms with Crippen LogP contribution in [0.5, 0.6) is 17.2 Å². The Bertz CT molecular complexity index is 1280. The number of benzene rings is 3. The molecule has 0 saturated heterocycles. The monoisotopic (exact) mass is 482 g/mol. The quantitative estimate of drug-likeness (QED) is 0.503. The molecule has 0 saturated carbocycles. The minimum atomic E-state index is -3.95. The van der Waals surface area contributed by atoms with E-state index in [2.05, 4.69) is 5.32 Å². The summed E-state index contributed by atoms with van der Waals surface area (Å²) in [5.41, 5.74) is 2.29. The predicted molar refractivity (Wildman–Crippen MR) is 126 cm³/mol. The molecule has 0 atom stereocenters. The van der Waals surface area contributed by atoms with Gasteiger partial charge in [0.05, 0.1) is 18.6 Å². The molecular formula is C25H26N2O6S. The number of hydrogen-bond acceptors (Lipinski definition) is 6. The van der Waals surface area contributed by atoms with Crippen molar-refractivity contribution in [2.75, 3.05) is 20.4 Å². The first-order valence-corrected chi connectivity index (χ1v) is 12.1. The van der Waals surface area contributed by atoms with Crippen LogP contribution >= 0.6 is 0 Å². The van der Waals surface area contributed by atoms with Gasteiger partial charge in [0, 0.05) is 13.1 Å². The molecule has 1 heterocycles. The van der Waals surface area contributed by atoms with E-state index < -0.39 is 15.9 Å². The van der Waals surface area contributed by atoms with Crippen molar-refractivity contribution in [2.24, 2.45) is 0 Å². The fourth-order valence-corrected chi connectivity index (χ4v) is 5.11. The molecule has 34 heavy (non-hydrogen) atoms. The molecule has 1 amide bonds. The Kier molecular flexibility index (Phi) is 7.04. The summed E-state index contributed by atoms with van der Waals surface area (Å²) in [6.45, 7) is 1.91. The molecule has 0 bridgehead atoms. The average molecular weight is 483 g/mol. The number of sulfonamides is 1. The third kappa shape index (κ3) is 5.32. The number of nitrogens with zero attached hydrogens (tertiary/aromatic N) is 1. The second kappa shape index (κ2) is 10.1. The molecule has 1 N–H and O–H groups in total. The summed E-state index contributed by atoms with van der Waals surface area (Å²) in [6.07, 6.45) is 0. The Morgan fingerprint density at radius 2 is 1.76 bits per heavy atom. The number of amides is 1. The molecular weight excluding hydrogens is 456 g/mol. The average Bonchev–Trinajstić information content (AvgIpc) is 3.31. The largest absolute Gasteiger partial charge is 0.496 e. The van der Waals surface area contributed by atoms with Crippen LogP contribution in [-0.4, -0.2) is 39.1 Å². The van der Waals surface area contributed by atoms with E-state index >= 15 is 0 Å². The Balaban J connectivity index is 1.52. The molecule has 0 aliphatic carbocycles. The minimum Gasteiger partial charge on any atom is -0.496 e. The van der Waals surface area contributed by atoms with Gasteiger partial charge < -0.3 is 19.5 Å². The van der Waals surface area contributed by atoms with Crippen molar-refractivity contribution in [1.82, 2.24) is 9.62 Å². The summed E-state index contributed by atoms with van der Waals surface area (Å²) in [5, 5.41) is 2.80. The molecule has 0 spiro atoms. The number of hydrogen-bond donors (Lipinski definition) is 1. The molecule has 0 fully saturated rings. The van der Waals surface area contributed by atoms with E-state index in [9.17, 15) is 13.2 Å². The number of fused-ring (bicyclic) bond motifs is 1. The highest BCUT2D eigenvalue weighted by Gasteiger charge is 2.27. The normalized spacial score (nSPS) is 12.6. The highest BCUT2D eigenvalue weighted by Crippen LogP contribution is 2.32. The molecule has 178 valence electrons. The Morgan fingerprint density at radius 3 is 2.50 bits per heavy atom. The third-order valence-corrected chi connectivity index (χ3v) is 7.24. The van der Waals surface area contributed by atoms with Crippen LogP contribution in [0.1, 0.15) is 16.7 Å². The maximum Gasteiger partial charge on any atom is 0.243 e. The van der Waals surface area contributed by atoms with Crippen molar-refractivity contribution >= 4 is 15.9 Å². The van der Waals surface area contributed by atoms with Gasteiger partial charge in [-0.05, 0) is 53.9 Å². The van der Waals surface area contributed by atoms with E-state index in [1.54, 1.807) is 31.2 Å². The first-order chi connectivity index (χ1) is 16.4. The lowest BCUT2D eigenvalue weighted by molar-refractivity contribution is -0.121. The van der Waals surface area contributed by atoms with E-state index in [4.69, 9.17) is 14.2 Å². The van der Waals surface area contributed by atoms with Gasteiger partial charge in [0.1, 0.15) is 5.75 Å². The highest BCUT2D eigenvalue weighted by molar-refractivity contribution is 7.89. The van der Waals surface area contributed by atoms with Crippen LogP contribution in [0.15, 0.2) is 71.6 Å². The topological polar surface area (TPSA) is 94.2 Å². The Labute approximate surface area is 199 Å². The van der Waals surface area contributed by atoms with Crippen LogP contribution in [-0.2, 0) is 27.9 Å². The molecule has 1 aliphatic heterocycles. The minimum absolute atomic E-state index is 0.0612. The van der Waals surface area contributed by atoms with Crippen molar-refractivity contribution < 1.29 is 27.4 Å². The Hall–Kier alpha value is -3.56. The smallest absolute Gasteiger partial charge is 0.243 e. The van der Waals surface area contributed by atoms with Gasteiger partial charge in [-0.15, -0.1) is 0 Å². The first kappa shape index (κ1) is 23.6. The van der Waals surface area contributed by atoms with Crippen molar-refractivity contribution in [2.45, 2.75) is 24.9 Å². The molecule has 0 unspecified atom stereocenters. The maximum atomic E-state index is 13.5. The van der Waals surface area contributed by atoms with Crippen LogP contribution in [0, 0.1) is 6.92 Å². The van der Waals surface area contributed by atoms with Crippen LogP contribution in [0.25, 0.3) is 0 Å². The SMILES string of the molecule is COc1ccc(S(=O)(=O)N(CC(=O)NCc2ccc3c(c2)OCO3)Cc2ccccc2)cc1C. The fraction of sp³-hybridized carbons (Fsp3) is 0.240. The number of carbonyl (C=O) groups is 1.